The first-order valence-corrected chi connectivity index (χ1v) is 12.3. The maximum atomic E-state index is 13.3. The van der Waals surface area contributed by atoms with E-state index in [1.54, 1.807) is 54.6 Å². The van der Waals surface area contributed by atoms with E-state index in [2.05, 4.69) is 10.6 Å². The molecule has 202 valence electrons. The minimum atomic E-state index is -1.44. The molecule has 38 heavy (non-hydrogen) atoms. The molecule has 4 atom stereocenters. The maximum absolute atomic E-state index is 13.3. The average Bonchev–Trinajstić information content (AvgIpc) is 3.38. The van der Waals surface area contributed by atoms with Crippen molar-refractivity contribution in [2.24, 2.45) is 5.73 Å². The number of amides is 3. The standard InChI is InChI=1S/C27H32N4O7/c28-19(14-17-8-3-1-4-9-17)24(34)29-20(16-23(32)33)26(36)31-13-7-12-22(31)25(35)30-21(27(37)38)15-18-10-5-2-6-11-18/h1-6,8-11,19-22H,7,12-16,28H2,(H,29,34)(H,30,35)(H,32,33)(H,37,38). The van der Waals surface area contributed by atoms with Crippen molar-refractivity contribution in [2.75, 3.05) is 6.54 Å². The van der Waals surface area contributed by atoms with E-state index in [0.29, 0.717) is 6.42 Å². The highest BCUT2D eigenvalue weighted by Gasteiger charge is 2.39. The van der Waals surface area contributed by atoms with Gasteiger partial charge in [0.15, 0.2) is 0 Å². The van der Waals surface area contributed by atoms with Gasteiger partial charge in [0.25, 0.3) is 0 Å². The molecule has 0 aromatic heterocycles. The smallest absolute Gasteiger partial charge is 0.326 e. The molecule has 1 aliphatic heterocycles. The van der Waals surface area contributed by atoms with Crippen molar-refractivity contribution in [1.29, 1.82) is 0 Å². The molecule has 3 amide bonds. The van der Waals surface area contributed by atoms with Crippen LogP contribution in [-0.4, -0.2) is 75.5 Å². The number of nitrogens with one attached hydrogen (secondary N) is 2. The van der Waals surface area contributed by atoms with E-state index < -0.39 is 60.2 Å². The Morgan fingerprint density at radius 1 is 0.868 bits per heavy atom. The molecule has 0 saturated carbocycles. The van der Waals surface area contributed by atoms with E-state index in [0.717, 1.165) is 11.1 Å². The zero-order chi connectivity index (χ0) is 27.7. The number of carboxylic acid groups (broad SMARTS) is 2. The van der Waals surface area contributed by atoms with Crippen molar-refractivity contribution in [3.05, 3.63) is 71.8 Å². The van der Waals surface area contributed by atoms with Gasteiger partial charge in [-0.05, 0) is 30.4 Å². The summed E-state index contributed by atoms with van der Waals surface area (Å²) >= 11 is 0. The summed E-state index contributed by atoms with van der Waals surface area (Å²) in [5.74, 6) is -4.61. The molecule has 0 aliphatic carbocycles. The third-order valence-corrected chi connectivity index (χ3v) is 6.36. The monoisotopic (exact) mass is 524 g/mol. The molecule has 0 radical (unpaired) electrons. The summed E-state index contributed by atoms with van der Waals surface area (Å²) in [5, 5.41) is 23.9. The molecule has 2 aromatic carbocycles. The Labute approximate surface area is 220 Å². The van der Waals surface area contributed by atoms with Crippen LogP contribution < -0.4 is 16.4 Å². The number of rotatable bonds is 12. The van der Waals surface area contributed by atoms with Crippen LogP contribution in [0.4, 0.5) is 0 Å². The third-order valence-electron chi connectivity index (χ3n) is 6.36. The fourth-order valence-corrected chi connectivity index (χ4v) is 4.44. The van der Waals surface area contributed by atoms with Crippen LogP contribution in [0.5, 0.6) is 0 Å². The molecule has 1 fully saturated rings. The summed E-state index contributed by atoms with van der Waals surface area (Å²) in [4.78, 5) is 63.6. The zero-order valence-electron chi connectivity index (χ0n) is 20.8. The first-order chi connectivity index (χ1) is 18.2. The number of hydrogen-bond donors (Lipinski definition) is 5. The molecule has 11 nitrogen and oxygen atoms in total. The van der Waals surface area contributed by atoms with Crippen molar-refractivity contribution in [3.63, 3.8) is 0 Å². The SMILES string of the molecule is NC(Cc1ccccc1)C(=O)NC(CC(=O)O)C(=O)N1CCCC1C(=O)NC(Cc1ccccc1)C(=O)O. The van der Waals surface area contributed by atoms with Gasteiger partial charge < -0.3 is 31.5 Å². The summed E-state index contributed by atoms with van der Waals surface area (Å²) in [6.45, 7) is 0.162. The van der Waals surface area contributed by atoms with Crippen LogP contribution in [-0.2, 0) is 36.8 Å². The van der Waals surface area contributed by atoms with Gasteiger partial charge in [0.05, 0.1) is 12.5 Å². The minimum Gasteiger partial charge on any atom is -0.481 e. The number of carboxylic acids is 2. The Bertz CT molecular complexity index is 1140. The zero-order valence-corrected chi connectivity index (χ0v) is 20.8. The fourth-order valence-electron chi connectivity index (χ4n) is 4.44. The van der Waals surface area contributed by atoms with E-state index in [1.807, 2.05) is 6.07 Å². The van der Waals surface area contributed by atoms with E-state index in [-0.39, 0.29) is 25.8 Å². The molecule has 11 heteroatoms. The van der Waals surface area contributed by atoms with Gasteiger partial charge in [-0.25, -0.2) is 4.79 Å². The molecule has 1 aliphatic rings. The van der Waals surface area contributed by atoms with Crippen molar-refractivity contribution >= 4 is 29.7 Å². The first-order valence-electron chi connectivity index (χ1n) is 12.3. The lowest BCUT2D eigenvalue weighted by molar-refractivity contribution is -0.147. The summed E-state index contributed by atoms with van der Waals surface area (Å²) in [6.07, 6.45) is 0.282. The van der Waals surface area contributed by atoms with Crippen molar-refractivity contribution in [1.82, 2.24) is 15.5 Å². The Kier molecular flexibility index (Phi) is 9.94. The second-order valence-electron chi connectivity index (χ2n) is 9.23. The summed E-state index contributed by atoms with van der Waals surface area (Å²) in [5.41, 5.74) is 7.52. The normalized spacial score (nSPS) is 17.2. The van der Waals surface area contributed by atoms with Gasteiger partial charge in [0, 0.05) is 13.0 Å². The van der Waals surface area contributed by atoms with Gasteiger partial charge in [0.2, 0.25) is 17.7 Å². The number of nitrogens with zero attached hydrogens (tertiary/aromatic N) is 1. The highest BCUT2D eigenvalue weighted by molar-refractivity contribution is 5.96. The largest absolute Gasteiger partial charge is 0.481 e. The van der Waals surface area contributed by atoms with E-state index in [1.165, 1.54) is 4.90 Å². The number of nitrogens with two attached hydrogens (primary N) is 1. The molecule has 0 spiro atoms. The second kappa shape index (κ2) is 13.3. The van der Waals surface area contributed by atoms with Crippen LogP contribution in [0.1, 0.15) is 30.4 Å². The molecule has 2 aromatic rings. The topological polar surface area (TPSA) is 179 Å². The Morgan fingerprint density at radius 2 is 1.45 bits per heavy atom. The molecule has 1 heterocycles. The number of hydrogen-bond acceptors (Lipinski definition) is 6. The molecule has 6 N–H and O–H groups in total. The summed E-state index contributed by atoms with van der Waals surface area (Å²) in [7, 11) is 0. The van der Waals surface area contributed by atoms with Crippen molar-refractivity contribution < 1.29 is 34.2 Å². The quantitative estimate of drug-likeness (QED) is 0.263. The van der Waals surface area contributed by atoms with Crippen LogP contribution in [0.3, 0.4) is 0 Å². The number of carbonyl (C=O) groups is 5. The predicted octanol–water partition coefficient (Wildman–Crippen LogP) is 0.319. The van der Waals surface area contributed by atoms with Crippen molar-refractivity contribution in [3.8, 4) is 0 Å². The van der Waals surface area contributed by atoms with Gasteiger partial charge in [-0.15, -0.1) is 0 Å². The number of likely N-dealkylation sites (tertiary alicyclic amines) is 1. The predicted molar refractivity (Wildman–Crippen MR) is 137 cm³/mol. The number of aliphatic carboxylic acids is 2. The lowest BCUT2D eigenvalue weighted by atomic mass is 10.0. The Hall–Kier alpha value is -4.25. The Balaban J connectivity index is 1.68. The highest BCUT2D eigenvalue weighted by atomic mass is 16.4. The lowest BCUT2D eigenvalue weighted by Crippen LogP contribution is -2.57. The number of benzene rings is 2. The molecule has 4 unspecified atom stereocenters. The Morgan fingerprint density at radius 3 is 2.00 bits per heavy atom. The van der Waals surface area contributed by atoms with E-state index >= 15 is 0 Å². The van der Waals surface area contributed by atoms with Gasteiger partial charge in [0.1, 0.15) is 18.1 Å². The van der Waals surface area contributed by atoms with Crippen LogP contribution in [0.25, 0.3) is 0 Å². The first kappa shape index (κ1) is 28.3. The molecular formula is C27H32N4O7. The summed E-state index contributed by atoms with van der Waals surface area (Å²) < 4.78 is 0. The molecule has 0 bridgehead atoms. The van der Waals surface area contributed by atoms with Gasteiger partial charge in [-0.3, -0.25) is 19.2 Å². The fraction of sp³-hybridized carbons (Fsp3) is 0.370. The van der Waals surface area contributed by atoms with E-state index in [4.69, 9.17) is 5.73 Å². The van der Waals surface area contributed by atoms with Crippen LogP contribution in [0.2, 0.25) is 0 Å². The maximum Gasteiger partial charge on any atom is 0.326 e. The number of carbonyl (C=O) groups excluding carboxylic acids is 3. The average molecular weight is 525 g/mol. The molecule has 1 saturated heterocycles. The highest BCUT2D eigenvalue weighted by Crippen LogP contribution is 2.20. The third kappa shape index (κ3) is 7.87. The molecular weight excluding hydrogens is 492 g/mol. The second-order valence-corrected chi connectivity index (χ2v) is 9.23. The molecule has 3 rings (SSSR count). The van der Waals surface area contributed by atoms with Crippen LogP contribution in [0, 0.1) is 0 Å². The van der Waals surface area contributed by atoms with Gasteiger partial charge in [-0.2, -0.15) is 0 Å². The van der Waals surface area contributed by atoms with Gasteiger partial charge >= 0.3 is 11.9 Å². The van der Waals surface area contributed by atoms with Crippen molar-refractivity contribution in [2.45, 2.75) is 56.3 Å². The van der Waals surface area contributed by atoms with Gasteiger partial charge in [-0.1, -0.05) is 60.7 Å². The van der Waals surface area contributed by atoms with Crippen LogP contribution in [0.15, 0.2) is 60.7 Å². The minimum absolute atomic E-state index is 0.0551. The summed E-state index contributed by atoms with van der Waals surface area (Å²) in [6, 6.07) is 13.1. The van der Waals surface area contributed by atoms with Crippen LogP contribution >= 0.6 is 0 Å². The van der Waals surface area contributed by atoms with E-state index in [9.17, 15) is 34.2 Å². The lowest BCUT2D eigenvalue weighted by Gasteiger charge is -2.29.